The summed E-state index contributed by atoms with van der Waals surface area (Å²) in [6.07, 6.45) is 8.11. The molecule has 1 aromatic rings. The lowest BCUT2D eigenvalue weighted by Crippen LogP contribution is -1.94. The summed E-state index contributed by atoms with van der Waals surface area (Å²) >= 11 is 3.32. The van der Waals surface area contributed by atoms with Crippen molar-refractivity contribution in [2.45, 2.75) is 25.8 Å². The van der Waals surface area contributed by atoms with Gasteiger partial charge in [-0.3, -0.25) is 0 Å². The molecular formula is C8H11BrN2. The van der Waals surface area contributed by atoms with Gasteiger partial charge in [0.05, 0.1) is 6.33 Å². The Morgan fingerprint density at radius 1 is 1.64 bits per heavy atom. The zero-order valence-electron chi connectivity index (χ0n) is 6.33. The van der Waals surface area contributed by atoms with Gasteiger partial charge in [0, 0.05) is 12.7 Å². The lowest BCUT2D eigenvalue weighted by molar-refractivity contribution is 0.596. The van der Waals surface area contributed by atoms with Crippen LogP contribution in [0.15, 0.2) is 17.1 Å². The van der Waals surface area contributed by atoms with E-state index in [2.05, 4.69) is 25.5 Å². The van der Waals surface area contributed by atoms with Gasteiger partial charge in [0.2, 0.25) is 0 Å². The zero-order chi connectivity index (χ0) is 7.68. The van der Waals surface area contributed by atoms with Crippen LogP contribution >= 0.6 is 15.9 Å². The van der Waals surface area contributed by atoms with Crippen LogP contribution in [0.4, 0.5) is 0 Å². The molecule has 0 saturated heterocycles. The molecule has 0 amide bonds. The van der Waals surface area contributed by atoms with Gasteiger partial charge in [0.15, 0.2) is 0 Å². The van der Waals surface area contributed by atoms with Crippen molar-refractivity contribution >= 4 is 15.9 Å². The third-order valence-electron chi connectivity index (χ3n) is 2.09. The summed E-state index contributed by atoms with van der Waals surface area (Å²) in [7, 11) is 0. The summed E-state index contributed by atoms with van der Waals surface area (Å²) in [5.41, 5.74) is 0. The third kappa shape index (κ3) is 2.06. The number of hydrogen-bond acceptors (Lipinski definition) is 1. The van der Waals surface area contributed by atoms with E-state index < -0.39 is 0 Å². The largest absolute Gasteiger partial charge is 0.336 e. The Hall–Kier alpha value is -0.310. The van der Waals surface area contributed by atoms with Crippen LogP contribution in [0.2, 0.25) is 0 Å². The lowest BCUT2D eigenvalue weighted by atomic mass is 10.3. The quantitative estimate of drug-likeness (QED) is 0.757. The van der Waals surface area contributed by atoms with Gasteiger partial charge in [-0.1, -0.05) is 12.8 Å². The minimum Gasteiger partial charge on any atom is -0.336 e. The van der Waals surface area contributed by atoms with E-state index >= 15 is 0 Å². The Bertz CT molecular complexity index is 240. The predicted octanol–water partition coefficient (Wildman–Crippen LogP) is 2.45. The van der Waals surface area contributed by atoms with Gasteiger partial charge >= 0.3 is 0 Å². The van der Waals surface area contributed by atoms with Crippen LogP contribution in [0.1, 0.15) is 19.3 Å². The first kappa shape index (κ1) is 7.35. The Labute approximate surface area is 74.8 Å². The van der Waals surface area contributed by atoms with Gasteiger partial charge in [0.1, 0.15) is 4.60 Å². The van der Waals surface area contributed by atoms with Crippen molar-refractivity contribution < 1.29 is 0 Å². The van der Waals surface area contributed by atoms with Gasteiger partial charge < -0.3 is 4.57 Å². The number of halogens is 1. The maximum absolute atomic E-state index is 4.09. The summed E-state index contributed by atoms with van der Waals surface area (Å²) < 4.78 is 3.08. The normalized spacial score (nSPS) is 17.2. The number of rotatable bonds is 3. The Morgan fingerprint density at radius 3 is 3.00 bits per heavy atom. The van der Waals surface area contributed by atoms with E-state index in [0.717, 1.165) is 17.1 Å². The number of nitrogens with zero attached hydrogens (tertiary/aromatic N) is 2. The fourth-order valence-corrected chi connectivity index (χ4v) is 1.55. The maximum Gasteiger partial charge on any atom is 0.124 e. The lowest BCUT2D eigenvalue weighted by Gasteiger charge is -1.98. The fraction of sp³-hybridized carbons (Fsp3) is 0.625. The molecule has 0 spiro atoms. The van der Waals surface area contributed by atoms with Gasteiger partial charge in [0.25, 0.3) is 0 Å². The second-order valence-electron chi connectivity index (χ2n) is 3.17. The minimum absolute atomic E-state index is 0.938. The molecular weight excluding hydrogens is 204 g/mol. The molecule has 1 saturated carbocycles. The first-order chi connectivity index (χ1) is 5.34. The highest BCUT2D eigenvalue weighted by molar-refractivity contribution is 9.10. The first-order valence-corrected chi connectivity index (χ1v) is 4.81. The highest BCUT2D eigenvalue weighted by Crippen LogP contribution is 2.32. The number of hydrogen-bond donors (Lipinski definition) is 0. The average Bonchev–Trinajstić information content (AvgIpc) is 2.72. The van der Waals surface area contributed by atoms with Crippen molar-refractivity contribution in [1.29, 1.82) is 0 Å². The zero-order valence-corrected chi connectivity index (χ0v) is 7.92. The summed E-state index contributed by atoms with van der Waals surface area (Å²) in [5, 5.41) is 0. The van der Waals surface area contributed by atoms with Crippen LogP contribution in [-0.2, 0) is 6.54 Å². The van der Waals surface area contributed by atoms with Crippen LogP contribution in [0, 0.1) is 5.92 Å². The summed E-state index contributed by atoms with van der Waals surface area (Å²) in [6, 6.07) is 0. The van der Waals surface area contributed by atoms with E-state index in [-0.39, 0.29) is 0 Å². The van der Waals surface area contributed by atoms with E-state index in [1.807, 2.05) is 12.5 Å². The van der Waals surface area contributed by atoms with E-state index in [1.54, 1.807) is 0 Å². The topological polar surface area (TPSA) is 17.8 Å². The molecule has 1 fully saturated rings. The molecule has 1 aromatic heterocycles. The average molecular weight is 215 g/mol. The monoisotopic (exact) mass is 214 g/mol. The van der Waals surface area contributed by atoms with Gasteiger partial charge in [-0.05, 0) is 28.3 Å². The van der Waals surface area contributed by atoms with E-state index in [4.69, 9.17) is 0 Å². The molecule has 1 aliphatic rings. The van der Waals surface area contributed by atoms with Crippen molar-refractivity contribution in [3.8, 4) is 0 Å². The van der Waals surface area contributed by atoms with Crippen molar-refractivity contribution in [2.24, 2.45) is 5.92 Å². The van der Waals surface area contributed by atoms with Crippen molar-refractivity contribution in [3.63, 3.8) is 0 Å². The second kappa shape index (κ2) is 2.97. The van der Waals surface area contributed by atoms with Crippen molar-refractivity contribution in [1.82, 2.24) is 9.55 Å². The number of imidazole rings is 1. The fourth-order valence-electron chi connectivity index (χ4n) is 1.19. The third-order valence-corrected chi connectivity index (χ3v) is 2.50. The van der Waals surface area contributed by atoms with E-state index in [1.165, 1.54) is 19.3 Å². The van der Waals surface area contributed by atoms with Gasteiger partial charge in [-0.25, -0.2) is 4.98 Å². The SMILES string of the molecule is Brc1cn(CCC2CC2)cn1. The summed E-state index contributed by atoms with van der Waals surface area (Å²) in [4.78, 5) is 4.09. The molecule has 0 bridgehead atoms. The van der Waals surface area contributed by atoms with E-state index in [0.29, 0.717) is 0 Å². The highest BCUT2D eigenvalue weighted by Gasteiger charge is 2.20. The standard InChI is InChI=1S/C8H11BrN2/c9-8-5-11(6-10-8)4-3-7-1-2-7/h5-7H,1-4H2. The van der Waals surface area contributed by atoms with Crippen LogP contribution in [-0.4, -0.2) is 9.55 Å². The van der Waals surface area contributed by atoms with Crippen molar-refractivity contribution in [3.05, 3.63) is 17.1 Å². The number of aromatic nitrogens is 2. The molecule has 1 aliphatic carbocycles. The van der Waals surface area contributed by atoms with Crippen LogP contribution in [0.5, 0.6) is 0 Å². The molecule has 2 nitrogen and oxygen atoms in total. The molecule has 2 rings (SSSR count). The molecule has 11 heavy (non-hydrogen) atoms. The molecule has 3 heteroatoms. The molecule has 0 aromatic carbocycles. The van der Waals surface area contributed by atoms with Crippen LogP contribution in [0.3, 0.4) is 0 Å². The van der Waals surface area contributed by atoms with Crippen LogP contribution < -0.4 is 0 Å². The molecule has 0 radical (unpaired) electrons. The molecule has 0 aliphatic heterocycles. The molecule has 60 valence electrons. The summed E-state index contributed by atoms with van der Waals surface area (Å²) in [6.45, 7) is 1.13. The predicted molar refractivity (Wildman–Crippen MR) is 47.3 cm³/mol. The Morgan fingerprint density at radius 2 is 2.45 bits per heavy atom. The van der Waals surface area contributed by atoms with E-state index in [9.17, 15) is 0 Å². The summed E-state index contributed by atoms with van der Waals surface area (Å²) in [5.74, 6) is 1.01. The Kier molecular flexibility index (Phi) is 1.98. The maximum atomic E-state index is 4.09. The second-order valence-corrected chi connectivity index (χ2v) is 3.98. The smallest absolute Gasteiger partial charge is 0.124 e. The molecule has 0 N–H and O–H groups in total. The first-order valence-electron chi connectivity index (χ1n) is 4.02. The van der Waals surface area contributed by atoms with Gasteiger partial charge in [-0.2, -0.15) is 0 Å². The molecule has 1 heterocycles. The highest BCUT2D eigenvalue weighted by atomic mass is 79.9. The Balaban J connectivity index is 1.85. The van der Waals surface area contributed by atoms with Crippen molar-refractivity contribution in [2.75, 3.05) is 0 Å². The minimum atomic E-state index is 0.938. The number of aryl methyl sites for hydroxylation is 1. The van der Waals surface area contributed by atoms with Gasteiger partial charge in [-0.15, -0.1) is 0 Å². The molecule has 0 atom stereocenters. The van der Waals surface area contributed by atoms with Crippen LogP contribution in [0.25, 0.3) is 0 Å². The molecule has 0 unspecified atom stereocenters.